The molecule has 2 atom stereocenters. The number of hydrogen-bond acceptors (Lipinski definition) is 4. The van der Waals surface area contributed by atoms with Crippen molar-refractivity contribution in [1.82, 2.24) is 5.32 Å². The average molecular weight is 293 g/mol. The molecule has 0 aliphatic heterocycles. The first-order chi connectivity index (χ1) is 9.77. The molecule has 2 N–H and O–H groups in total. The van der Waals surface area contributed by atoms with Crippen LogP contribution in [0.4, 0.5) is 0 Å². The quantitative estimate of drug-likeness (QED) is 0.814. The van der Waals surface area contributed by atoms with Crippen LogP contribution in [0.2, 0.25) is 0 Å². The molecule has 0 aliphatic carbocycles. The molecule has 5 nitrogen and oxygen atoms in total. The lowest BCUT2D eigenvalue weighted by Gasteiger charge is -2.20. The molecule has 1 rings (SSSR count). The fraction of sp³-hybridized carbons (Fsp3) is 0.500. The first kappa shape index (κ1) is 17.2. The second-order valence-corrected chi connectivity index (χ2v) is 5.49. The Balaban J connectivity index is 2.84. The zero-order valence-electron chi connectivity index (χ0n) is 13.1. The normalized spacial score (nSPS) is 13.7. The summed E-state index contributed by atoms with van der Waals surface area (Å²) in [5.74, 6) is -0.918. The average Bonchev–Trinajstić information content (AvgIpc) is 2.45. The summed E-state index contributed by atoms with van der Waals surface area (Å²) >= 11 is 0. The molecule has 0 radical (unpaired) electrons. The predicted molar refractivity (Wildman–Crippen MR) is 79.9 cm³/mol. The first-order valence-electron chi connectivity index (χ1n) is 6.95. The molecule has 0 aromatic heterocycles. The molecule has 0 bridgehead atoms. The zero-order chi connectivity index (χ0) is 16.2. The van der Waals surface area contributed by atoms with Crippen LogP contribution in [0.1, 0.15) is 48.3 Å². The van der Waals surface area contributed by atoms with Gasteiger partial charge in [-0.3, -0.25) is 4.79 Å². The monoisotopic (exact) mass is 293 g/mol. The fourth-order valence-electron chi connectivity index (χ4n) is 1.98. The Kier molecular flexibility index (Phi) is 5.90. The lowest BCUT2D eigenvalue weighted by molar-refractivity contribution is -0.132. The van der Waals surface area contributed by atoms with Gasteiger partial charge >= 0.3 is 5.97 Å². The van der Waals surface area contributed by atoms with Gasteiger partial charge < -0.3 is 15.2 Å². The fourth-order valence-corrected chi connectivity index (χ4v) is 1.98. The Morgan fingerprint density at radius 2 is 1.86 bits per heavy atom. The van der Waals surface area contributed by atoms with E-state index in [0.29, 0.717) is 5.56 Å². The van der Waals surface area contributed by atoms with E-state index in [1.165, 1.54) is 7.11 Å². The Bertz CT molecular complexity index is 525. The maximum atomic E-state index is 11.8. The second-order valence-electron chi connectivity index (χ2n) is 5.49. The number of aliphatic hydroxyl groups excluding tert-OH is 1. The summed E-state index contributed by atoms with van der Waals surface area (Å²) in [5, 5.41) is 12.5. The predicted octanol–water partition coefficient (Wildman–Crippen LogP) is 1.98. The van der Waals surface area contributed by atoms with Crippen molar-refractivity contribution in [1.29, 1.82) is 0 Å². The molecule has 5 heteroatoms. The number of rotatable bonds is 5. The molecule has 0 aliphatic rings. The lowest BCUT2D eigenvalue weighted by atomic mass is 10.0. The molecule has 21 heavy (non-hydrogen) atoms. The van der Waals surface area contributed by atoms with Gasteiger partial charge in [0.2, 0.25) is 5.91 Å². The van der Waals surface area contributed by atoms with E-state index in [1.807, 2.05) is 19.9 Å². The lowest BCUT2D eigenvalue weighted by Crippen LogP contribution is -2.39. The molecule has 0 heterocycles. The molecule has 1 aromatic rings. The highest BCUT2D eigenvalue weighted by Gasteiger charge is 2.21. The molecule has 0 spiro atoms. The van der Waals surface area contributed by atoms with Gasteiger partial charge in [-0.1, -0.05) is 26.0 Å². The Labute approximate surface area is 125 Å². The van der Waals surface area contributed by atoms with Crippen molar-refractivity contribution in [2.45, 2.75) is 39.8 Å². The molecule has 0 saturated heterocycles. The Morgan fingerprint density at radius 3 is 2.33 bits per heavy atom. The number of aliphatic hydroxyl groups is 1. The van der Waals surface area contributed by atoms with Crippen molar-refractivity contribution in [2.75, 3.05) is 7.11 Å². The number of benzene rings is 1. The van der Waals surface area contributed by atoms with Crippen LogP contribution < -0.4 is 5.32 Å². The Morgan fingerprint density at radius 1 is 1.24 bits per heavy atom. The highest BCUT2D eigenvalue weighted by molar-refractivity contribution is 5.91. The summed E-state index contributed by atoms with van der Waals surface area (Å²) in [5.41, 5.74) is 2.15. The van der Waals surface area contributed by atoms with Gasteiger partial charge in [0.25, 0.3) is 0 Å². The van der Waals surface area contributed by atoms with Crippen LogP contribution >= 0.6 is 0 Å². The van der Waals surface area contributed by atoms with Crippen LogP contribution in [0, 0.1) is 12.8 Å². The second kappa shape index (κ2) is 7.22. The summed E-state index contributed by atoms with van der Waals surface area (Å²) in [6.45, 7) is 7.21. The minimum Gasteiger partial charge on any atom is -0.465 e. The van der Waals surface area contributed by atoms with Crippen molar-refractivity contribution in [3.8, 4) is 0 Å². The maximum Gasteiger partial charge on any atom is 0.338 e. The number of esters is 1. The summed E-state index contributed by atoms with van der Waals surface area (Å²) in [7, 11) is 1.34. The van der Waals surface area contributed by atoms with Gasteiger partial charge in [-0.05, 0) is 37.0 Å². The van der Waals surface area contributed by atoms with E-state index >= 15 is 0 Å². The summed E-state index contributed by atoms with van der Waals surface area (Å²) < 4.78 is 4.70. The van der Waals surface area contributed by atoms with Crippen molar-refractivity contribution >= 4 is 11.9 Å². The van der Waals surface area contributed by atoms with Crippen molar-refractivity contribution < 1.29 is 19.4 Å². The summed E-state index contributed by atoms with van der Waals surface area (Å²) in [6.07, 6.45) is -1.03. The van der Waals surface area contributed by atoms with Gasteiger partial charge in [-0.2, -0.15) is 0 Å². The third-order valence-electron chi connectivity index (χ3n) is 3.41. The first-order valence-corrected chi connectivity index (χ1v) is 6.95. The number of ether oxygens (including phenoxy) is 1. The van der Waals surface area contributed by atoms with Crippen molar-refractivity contribution in [3.63, 3.8) is 0 Å². The third-order valence-corrected chi connectivity index (χ3v) is 3.41. The van der Waals surface area contributed by atoms with Crippen LogP contribution in [0.5, 0.6) is 0 Å². The number of nitrogens with one attached hydrogen (secondary N) is 1. The number of amides is 1. The molecule has 0 unspecified atom stereocenters. The van der Waals surface area contributed by atoms with Gasteiger partial charge in [0, 0.05) is 0 Å². The molecule has 116 valence electrons. The largest absolute Gasteiger partial charge is 0.465 e. The zero-order valence-corrected chi connectivity index (χ0v) is 13.1. The highest BCUT2D eigenvalue weighted by Crippen LogP contribution is 2.18. The minimum atomic E-state index is -1.03. The molecule has 0 saturated carbocycles. The minimum absolute atomic E-state index is 0.138. The van der Waals surface area contributed by atoms with E-state index in [1.54, 1.807) is 26.0 Å². The highest BCUT2D eigenvalue weighted by atomic mass is 16.5. The van der Waals surface area contributed by atoms with Crippen LogP contribution in [-0.4, -0.2) is 30.2 Å². The van der Waals surface area contributed by atoms with Gasteiger partial charge in [0.15, 0.2) is 0 Å². The maximum absolute atomic E-state index is 11.8. The number of aryl methyl sites for hydroxylation is 1. The number of hydrogen-bond donors (Lipinski definition) is 2. The van der Waals surface area contributed by atoms with E-state index in [0.717, 1.165) is 11.1 Å². The van der Waals surface area contributed by atoms with Gasteiger partial charge in [-0.15, -0.1) is 0 Å². The third kappa shape index (κ3) is 4.29. The van der Waals surface area contributed by atoms with Gasteiger partial charge in [0.1, 0.15) is 6.10 Å². The summed E-state index contributed by atoms with van der Waals surface area (Å²) in [6, 6.07) is 5.03. The number of methoxy groups -OCH3 is 1. The Hall–Kier alpha value is -1.88. The molecular formula is C16H23NO4. The van der Waals surface area contributed by atoms with Crippen molar-refractivity contribution in [2.24, 2.45) is 5.92 Å². The van der Waals surface area contributed by atoms with E-state index in [-0.39, 0.29) is 17.9 Å². The van der Waals surface area contributed by atoms with Crippen molar-refractivity contribution in [3.05, 3.63) is 34.9 Å². The molecule has 0 fully saturated rings. The van der Waals surface area contributed by atoms with Gasteiger partial charge in [-0.25, -0.2) is 4.79 Å². The summed E-state index contributed by atoms with van der Waals surface area (Å²) in [4.78, 5) is 23.4. The molecule has 1 aromatic carbocycles. The van der Waals surface area contributed by atoms with E-state index in [4.69, 9.17) is 4.74 Å². The smallest absolute Gasteiger partial charge is 0.338 e. The van der Waals surface area contributed by atoms with Crippen LogP contribution in [0.15, 0.2) is 18.2 Å². The van der Waals surface area contributed by atoms with Crippen LogP contribution in [0.25, 0.3) is 0 Å². The topological polar surface area (TPSA) is 75.6 Å². The van der Waals surface area contributed by atoms with E-state index < -0.39 is 12.0 Å². The van der Waals surface area contributed by atoms with Gasteiger partial charge in [0.05, 0.1) is 18.7 Å². The van der Waals surface area contributed by atoms with E-state index in [2.05, 4.69) is 5.32 Å². The van der Waals surface area contributed by atoms with Crippen LogP contribution in [0.3, 0.4) is 0 Å². The van der Waals surface area contributed by atoms with Crippen LogP contribution in [-0.2, 0) is 9.53 Å². The molecular weight excluding hydrogens is 270 g/mol. The standard InChI is InChI=1S/C16H23NO4/c1-9(2)14(18)15(19)17-11(4)12-6-7-13(10(3)8-12)16(20)21-5/h6-9,11,14,18H,1-5H3,(H,17,19)/t11-,14+/m0/s1. The number of carbonyl (C=O) groups is 2. The number of carbonyl (C=O) groups excluding carboxylic acids is 2. The molecule has 1 amide bonds. The van der Waals surface area contributed by atoms with E-state index in [9.17, 15) is 14.7 Å². The SMILES string of the molecule is COC(=O)c1ccc([C@H](C)NC(=O)[C@H](O)C(C)C)cc1C.